The molecule has 0 bridgehead atoms. The zero-order chi connectivity index (χ0) is 13.4. The summed E-state index contributed by atoms with van der Waals surface area (Å²) in [5.41, 5.74) is 0.680. The third-order valence-electron chi connectivity index (χ3n) is 2.08. The van der Waals surface area contributed by atoms with Gasteiger partial charge in [0.1, 0.15) is 5.60 Å². The largest absolute Gasteiger partial charge is 0.444 e. The number of aromatic nitrogens is 2. The molecular formula is C12H22N4O2. The van der Waals surface area contributed by atoms with Crippen molar-refractivity contribution in [1.29, 1.82) is 0 Å². The maximum Gasteiger partial charge on any atom is 0.407 e. The van der Waals surface area contributed by atoms with E-state index in [4.69, 9.17) is 4.74 Å². The summed E-state index contributed by atoms with van der Waals surface area (Å²) in [6.07, 6.45) is 4.13. The fraction of sp³-hybridized carbons (Fsp3) is 0.667. The lowest BCUT2D eigenvalue weighted by atomic mass is 10.2. The molecule has 0 radical (unpaired) electrons. The normalized spacial score (nSPS) is 11.3. The van der Waals surface area contributed by atoms with Gasteiger partial charge in [0, 0.05) is 24.8 Å². The van der Waals surface area contributed by atoms with Crippen LogP contribution < -0.4 is 10.6 Å². The first-order chi connectivity index (χ1) is 8.47. The number of amides is 1. The molecule has 0 saturated carbocycles. The van der Waals surface area contributed by atoms with Gasteiger partial charge in [-0.1, -0.05) is 0 Å². The number of aromatic amines is 1. The summed E-state index contributed by atoms with van der Waals surface area (Å²) < 4.78 is 5.12. The van der Waals surface area contributed by atoms with E-state index in [0.717, 1.165) is 25.1 Å². The standard InChI is InChI=1S/C12H22N4O2/c1-12(2,3)18-11(17)14-6-4-5-13-7-10-8-15-16-9-10/h8-9,13H,4-7H2,1-3H3,(H,14,17)(H,15,16). The van der Waals surface area contributed by atoms with Gasteiger partial charge in [-0.25, -0.2) is 4.79 Å². The molecule has 102 valence electrons. The van der Waals surface area contributed by atoms with Crippen molar-refractivity contribution in [2.24, 2.45) is 0 Å². The van der Waals surface area contributed by atoms with E-state index in [-0.39, 0.29) is 6.09 Å². The van der Waals surface area contributed by atoms with E-state index in [2.05, 4.69) is 20.8 Å². The summed E-state index contributed by atoms with van der Waals surface area (Å²) in [5.74, 6) is 0. The summed E-state index contributed by atoms with van der Waals surface area (Å²) >= 11 is 0. The molecule has 0 saturated heterocycles. The molecule has 1 aromatic rings. The number of ether oxygens (including phenoxy) is 1. The number of carbonyl (C=O) groups excluding carboxylic acids is 1. The lowest BCUT2D eigenvalue weighted by Crippen LogP contribution is -2.33. The van der Waals surface area contributed by atoms with Crippen molar-refractivity contribution in [1.82, 2.24) is 20.8 Å². The molecule has 0 unspecified atom stereocenters. The van der Waals surface area contributed by atoms with Crippen LogP contribution in [-0.2, 0) is 11.3 Å². The first-order valence-corrected chi connectivity index (χ1v) is 6.12. The van der Waals surface area contributed by atoms with Gasteiger partial charge < -0.3 is 15.4 Å². The summed E-state index contributed by atoms with van der Waals surface area (Å²) in [4.78, 5) is 11.3. The monoisotopic (exact) mass is 254 g/mol. The van der Waals surface area contributed by atoms with Crippen molar-refractivity contribution < 1.29 is 9.53 Å². The second-order valence-corrected chi connectivity index (χ2v) is 5.07. The van der Waals surface area contributed by atoms with E-state index in [1.54, 1.807) is 6.20 Å². The molecule has 0 aromatic carbocycles. The molecule has 0 aliphatic carbocycles. The predicted octanol–water partition coefficient (Wildman–Crippen LogP) is 1.41. The average molecular weight is 254 g/mol. The van der Waals surface area contributed by atoms with Crippen molar-refractivity contribution in [3.63, 3.8) is 0 Å². The fourth-order valence-electron chi connectivity index (χ4n) is 1.33. The van der Waals surface area contributed by atoms with Crippen LogP contribution in [0.2, 0.25) is 0 Å². The molecule has 0 aliphatic heterocycles. The van der Waals surface area contributed by atoms with Crippen molar-refractivity contribution >= 4 is 6.09 Å². The summed E-state index contributed by atoms with van der Waals surface area (Å²) in [6.45, 7) is 7.76. The number of nitrogens with zero attached hydrogens (tertiary/aromatic N) is 1. The summed E-state index contributed by atoms with van der Waals surface area (Å²) in [7, 11) is 0. The van der Waals surface area contributed by atoms with Crippen LogP contribution in [0.4, 0.5) is 4.79 Å². The lowest BCUT2D eigenvalue weighted by Gasteiger charge is -2.19. The smallest absolute Gasteiger partial charge is 0.407 e. The number of alkyl carbamates (subject to hydrolysis) is 1. The van der Waals surface area contributed by atoms with E-state index >= 15 is 0 Å². The number of rotatable bonds is 6. The molecule has 6 heteroatoms. The van der Waals surface area contributed by atoms with Gasteiger partial charge in [0.05, 0.1) is 6.20 Å². The molecule has 1 aromatic heterocycles. The first-order valence-electron chi connectivity index (χ1n) is 6.12. The van der Waals surface area contributed by atoms with E-state index < -0.39 is 5.60 Å². The number of carbonyl (C=O) groups is 1. The Balaban J connectivity index is 1.97. The van der Waals surface area contributed by atoms with Gasteiger partial charge in [0.2, 0.25) is 0 Å². The average Bonchev–Trinajstić information content (AvgIpc) is 2.73. The Morgan fingerprint density at radius 3 is 2.83 bits per heavy atom. The number of nitrogens with one attached hydrogen (secondary N) is 3. The highest BCUT2D eigenvalue weighted by molar-refractivity contribution is 5.67. The SMILES string of the molecule is CC(C)(C)OC(=O)NCCCNCc1cn[nH]c1. The highest BCUT2D eigenvalue weighted by Crippen LogP contribution is 2.06. The summed E-state index contributed by atoms with van der Waals surface area (Å²) in [6, 6.07) is 0. The molecule has 0 aliphatic rings. The second kappa shape index (κ2) is 7.00. The fourth-order valence-corrected chi connectivity index (χ4v) is 1.33. The molecule has 18 heavy (non-hydrogen) atoms. The molecular weight excluding hydrogens is 232 g/mol. The highest BCUT2D eigenvalue weighted by Gasteiger charge is 2.15. The predicted molar refractivity (Wildman–Crippen MR) is 69.1 cm³/mol. The third-order valence-corrected chi connectivity index (χ3v) is 2.08. The van der Waals surface area contributed by atoms with Gasteiger partial charge in [-0.3, -0.25) is 5.10 Å². The molecule has 3 N–H and O–H groups in total. The van der Waals surface area contributed by atoms with Gasteiger partial charge in [-0.2, -0.15) is 5.10 Å². The first kappa shape index (κ1) is 14.5. The maximum atomic E-state index is 11.3. The Kier molecular flexibility index (Phi) is 5.64. The van der Waals surface area contributed by atoms with E-state index in [1.165, 1.54) is 0 Å². The van der Waals surface area contributed by atoms with Crippen molar-refractivity contribution in [3.05, 3.63) is 18.0 Å². The van der Waals surface area contributed by atoms with E-state index in [1.807, 2.05) is 27.0 Å². The van der Waals surface area contributed by atoms with Crippen molar-refractivity contribution in [2.75, 3.05) is 13.1 Å². The minimum absolute atomic E-state index is 0.364. The second-order valence-electron chi connectivity index (χ2n) is 5.07. The van der Waals surface area contributed by atoms with Gasteiger partial charge in [0.15, 0.2) is 0 Å². The minimum atomic E-state index is -0.441. The molecule has 0 spiro atoms. The van der Waals surface area contributed by atoms with Crippen LogP contribution in [0.15, 0.2) is 12.4 Å². The highest BCUT2D eigenvalue weighted by atomic mass is 16.6. The quantitative estimate of drug-likeness (QED) is 0.671. The van der Waals surface area contributed by atoms with Crippen LogP contribution >= 0.6 is 0 Å². The number of H-pyrrole nitrogens is 1. The molecule has 0 fully saturated rings. The molecule has 0 atom stereocenters. The van der Waals surface area contributed by atoms with Gasteiger partial charge in [-0.15, -0.1) is 0 Å². The lowest BCUT2D eigenvalue weighted by molar-refractivity contribution is 0.0527. The Labute approximate surface area is 107 Å². The Hall–Kier alpha value is -1.56. The molecule has 1 heterocycles. The zero-order valence-corrected chi connectivity index (χ0v) is 11.2. The number of hydrogen-bond acceptors (Lipinski definition) is 4. The zero-order valence-electron chi connectivity index (χ0n) is 11.2. The molecule has 1 rings (SSSR count). The van der Waals surface area contributed by atoms with Crippen LogP contribution in [-0.4, -0.2) is 35.0 Å². The van der Waals surface area contributed by atoms with Gasteiger partial charge in [0.25, 0.3) is 0 Å². The van der Waals surface area contributed by atoms with Gasteiger partial charge in [-0.05, 0) is 33.7 Å². The Morgan fingerprint density at radius 1 is 1.44 bits per heavy atom. The molecule has 6 nitrogen and oxygen atoms in total. The van der Waals surface area contributed by atoms with Gasteiger partial charge >= 0.3 is 6.09 Å². The van der Waals surface area contributed by atoms with Crippen LogP contribution in [0, 0.1) is 0 Å². The van der Waals surface area contributed by atoms with Crippen molar-refractivity contribution in [2.45, 2.75) is 39.3 Å². The maximum absolute atomic E-state index is 11.3. The molecule has 1 amide bonds. The van der Waals surface area contributed by atoms with Crippen LogP contribution in [0.1, 0.15) is 32.8 Å². The van der Waals surface area contributed by atoms with Crippen molar-refractivity contribution in [3.8, 4) is 0 Å². The van der Waals surface area contributed by atoms with Crippen LogP contribution in [0.25, 0.3) is 0 Å². The summed E-state index contributed by atoms with van der Waals surface area (Å²) in [5, 5.41) is 12.6. The third kappa shape index (κ3) is 6.90. The Morgan fingerprint density at radius 2 is 2.22 bits per heavy atom. The topological polar surface area (TPSA) is 79.0 Å². The minimum Gasteiger partial charge on any atom is -0.444 e. The van der Waals surface area contributed by atoms with Crippen LogP contribution in [0.3, 0.4) is 0 Å². The van der Waals surface area contributed by atoms with E-state index in [0.29, 0.717) is 6.54 Å². The van der Waals surface area contributed by atoms with Crippen LogP contribution in [0.5, 0.6) is 0 Å². The number of hydrogen-bond donors (Lipinski definition) is 3. The Bertz CT molecular complexity index is 343. The van der Waals surface area contributed by atoms with E-state index in [9.17, 15) is 4.79 Å².